The normalized spacial score (nSPS) is 16.2. The summed E-state index contributed by atoms with van der Waals surface area (Å²) in [6, 6.07) is 3.72. The van der Waals surface area contributed by atoms with Crippen molar-refractivity contribution in [2.75, 3.05) is 20.3 Å². The summed E-state index contributed by atoms with van der Waals surface area (Å²) in [5.41, 5.74) is 0.806. The van der Waals surface area contributed by atoms with Gasteiger partial charge in [-0.25, -0.2) is 0 Å². The molecule has 1 aromatic carbocycles. The number of carbonyl (C=O) groups excluding carboxylic acids is 2. The first-order chi connectivity index (χ1) is 11.5. The molecule has 0 atom stereocenters. The number of nitrogens with zero attached hydrogens (tertiary/aromatic N) is 1. The highest BCUT2D eigenvalue weighted by Gasteiger charge is 2.34. The number of hydrogen-bond donors (Lipinski definition) is 0. The van der Waals surface area contributed by atoms with Gasteiger partial charge in [0.05, 0.1) is 22.2 Å². The van der Waals surface area contributed by atoms with E-state index in [9.17, 15) is 9.59 Å². The molecule has 1 saturated heterocycles. The number of benzene rings is 1. The van der Waals surface area contributed by atoms with Gasteiger partial charge in [0.25, 0.3) is 11.1 Å². The molecule has 1 aliphatic rings. The van der Waals surface area contributed by atoms with Crippen LogP contribution in [0.4, 0.5) is 4.79 Å². The Morgan fingerprint density at radius 1 is 1.29 bits per heavy atom. The molecule has 1 aromatic rings. The van der Waals surface area contributed by atoms with E-state index in [0.717, 1.165) is 33.7 Å². The van der Waals surface area contributed by atoms with E-state index in [4.69, 9.17) is 9.47 Å². The summed E-state index contributed by atoms with van der Waals surface area (Å²) in [5.74, 6) is 1.08. The van der Waals surface area contributed by atoms with Crippen LogP contribution in [0.3, 0.4) is 0 Å². The molecule has 0 aliphatic carbocycles. The van der Waals surface area contributed by atoms with Gasteiger partial charge in [0.1, 0.15) is 0 Å². The molecule has 1 heterocycles. The molecular weight excluding hydrogens is 441 g/mol. The molecule has 5 nitrogen and oxygen atoms in total. The lowest BCUT2D eigenvalue weighted by Crippen LogP contribution is -2.29. The SMILES string of the molecule is CCCCN1C(=O)S/C(=C\c2cc(I)c(OCC)c(OC)c2)C1=O. The third-order valence-corrected chi connectivity index (χ3v) is 5.16. The highest BCUT2D eigenvalue weighted by atomic mass is 127. The van der Waals surface area contributed by atoms with Gasteiger partial charge in [-0.3, -0.25) is 14.5 Å². The molecule has 1 aliphatic heterocycles. The largest absolute Gasteiger partial charge is 0.493 e. The molecule has 130 valence electrons. The number of halogens is 1. The fourth-order valence-electron chi connectivity index (χ4n) is 2.27. The summed E-state index contributed by atoms with van der Waals surface area (Å²) in [4.78, 5) is 26.2. The average molecular weight is 461 g/mol. The number of methoxy groups -OCH3 is 1. The molecular formula is C17H20INO4S. The second-order valence-electron chi connectivity index (χ2n) is 5.15. The number of unbranched alkanes of at least 4 members (excludes halogenated alkanes) is 1. The fourth-order valence-corrected chi connectivity index (χ4v) is 3.91. The maximum absolute atomic E-state index is 12.4. The van der Waals surface area contributed by atoms with E-state index in [1.807, 2.05) is 26.0 Å². The van der Waals surface area contributed by atoms with Gasteiger partial charge in [-0.05, 0) is 71.5 Å². The summed E-state index contributed by atoms with van der Waals surface area (Å²) in [5, 5.41) is -0.202. The molecule has 2 rings (SSSR count). The van der Waals surface area contributed by atoms with Crippen LogP contribution in [0.5, 0.6) is 11.5 Å². The predicted octanol–water partition coefficient (Wildman–Crippen LogP) is 4.53. The van der Waals surface area contributed by atoms with Crippen molar-refractivity contribution >= 4 is 51.6 Å². The fraction of sp³-hybridized carbons (Fsp3) is 0.412. The van der Waals surface area contributed by atoms with Gasteiger partial charge < -0.3 is 9.47 Å². The summed E-state index contributed by atoms with van der Waals surface area (Å²) in [6.45, 7) is 4.96. The number of rotatable bonds is 7. The Morgan fingerprint density at radius 3 is 2.67 bits per heavy atom. The number of ether oxygens (including phenoxy) is 2. The van der Waals surface area contributed by atoms with Crippen LogP contribution in [-0.2, 0) is 4.79 Å². The van der Waals surface area contributed by atoms with Crippen LogP contribution < -0.4 is 9.47 Å². The smallest absolute Gasteiger partial charge is 0.293 e. The predicted molar refractivity (Wildman–Crippen MR) is 104 cm³/mol. The number of imide groups is 1. The lowest BCUT2D eigenvalue weighted by Gasteiger charge is -2.12. The van der Waals surface area contributed by atoms with Gasteiger partial charge in [0, 0.05) is 6.54 Å². The van der Waals surface area contributed by atoms with Gasteiger partial charge in [0.2, 0.25) is 0 Å². The van der Waals surface area contributed by atoms with Crippen LogP contribution in [0.2, 0.25) is 0 Å². The molecule has 2 amide bonds. The van der Waals surface area contributed by atoms with Crippen molar-refractivity contribution in [2.45, 2.75) is 26.7 Å². The van der Waals surface area contributed by atoms with E-state index in [-0.39, 0.29) is 11.1 Å². The minimum Gasteiger partial charge on any atom is -0.493 e. The van der Waals surface area contributed by atoms with Crippen molar-refractivity contribution in [3.8, 4) is 11.5 Å². The van der Waals surface area contributed by atoms with Crippen molar-refractivity contribution in [1.82, 2.24) is 4.90 Å². The number of amides is 2. The molecule has 1 fully saturated rings. The molecule has 7 heteroatoms. The van der Waals surface area contributed by atoms with E-state index in [2.05, 4.69) is 22.6 Å². The molecule has 0 N–H and O–H groups in total. The van der Waals surface area contributed by atoms with Crippen LogP contribution in [0.25, 0.3) is 6.08 Å². The quantitative estimate of drug-likeness (QED) is 0.441. The zero-order valence-corrected chi connectivity index (χ0v) is 16.9. The van der Waals surface area contributed by atoms with Gasteiger partial charge in [-0.2, -0.15) is 0 Å². The average Bonchev–Trinajstić information content (AvgIpc) is 2.81. The maximum Gasteiger partial charge on any atom is 0.293 e. The van der Waals surface area contributed by atoms with Crippen LogP contribution in [0, 0.1) is 3.57 Å². The topological polar surface area (TPSA) is 55.8 Å². The van der Waals surface area contributed by atoms with Gasteiger partial charge in [0.15, 0.2) is 11.5 Å². The number of carbonyl (C=O) groups is 2. The Kier molecular flexibility index (Phi) is 6.97. The summed E-state index contributed by atoms with van der Waals surface area (Å²) in [7, 11) is 1.58. The highest BCUT2D eigenvalue weighted by Crippen LogP contribution is 2.37. The summed E-state index contributed by atoms with van der Waals surface area (Å²) >= 11 is 3.16. The van der Waals surface area contributed by atoms with Crippen LogP contribution in [0.15, 0.2) is 17.0 Å². The van der Waals surface area contributed by atoms with Crippen molar-refractivity contribution in [1.29, 1.82) is 0 Å². The molecule has 0 radical (unpaired) electrons. The van der Waals surface area contributed by atoms with Crippen LogP contribution in [-0.4, -0.2) is 36.3 Å². The molecule has 0 aromatic heterocycles. The summed E-state index contributed by atoms with van der Waals surface area (Å²) in [6.07, 6.45) is 3.49. The van der Waals surface area contributed by atoms with Gasteiger partial charge in [-0.15, -0.1) is 0 Å². The van der Waals surface area contributed by atoms with Gasteiger partial charge in [-0.1, -0.05) is 13.3 Å². The first-order valence-electron chi connectivity index (χ1n) is 7.77. The third-order valence-electron chi connectivity index (χ3n) is 3.45. The Morgan fingerprint density at radius 2 is 2.04 bits per heavy atom. The van der Waals surface area contributed by atoms with Crippen molar-refractivity contribution in [3.63, 3.8) is 0 Å². The summed E-state index contributed by atoms with van der Waals surface area (Å²) < 4.78 is 11.9. The zero-order valence-electron chi connectivity index (χ0n) is 13.9. The van der Waals surface area contributed by atoms with E-state index in [0.29, 0.717) is 29.6 Å². The van der Waals surface area contributed by atoms with E-state index in [1.54, 1.807) is 13.2 Å². The second-order valence-corrected chi connectivity index (χ2v) is 7.31. The Bertz CT molecular complexity index is 675. The maximum atomic E-state index is 12.4. The standard InChI is InChI=1S/C17H20INO4S/c1-4-6-7-19-16(20)14(24-17(19)21)10-11-8-12(18)15(23-5-2)13(9-11)22-3/h8-10H,4-7H2,1-3H3/b14-10-. The highest BCUT2D eigenvalue weighted by molar-refractivity contribution is 14.1. The third kappa shape index (κ3) is 4.24. The zero-order chi connectivity index (χ0) is 17.7. The Labute approximate surface area is 159 Å². The Balaban J connectivity index is 2.30. The van der Waals surface area contributed by atoms with Crippen molar-refractivity contribution in [3.05, 3.63) is 26.2 Å². The molecule has 0 spiro atoms. The minimum atomic E-state index is -0.221. The monoisotopic (exact) mass is 461 g/mol. The number of thioether (sulfide) groups is 1. The molecule has 0 saturated carbocycles. The molecule has 0 unspecified atom stereocenters. The van der Waals surface area contributed by atoms with E-state index < -0.39 is 0 Å². The Hall–Kier alpha value is -1.22. The second kappa shape index (κ2) is 8.75. The molecule has 24 heavy (non-hydrogen) atoms. The lowest BCUT2D eigenvalue weighted by molar-refractivity contribution is -0.122. The van der Waals surface area contributed by atoms with E-state index >= 15 is 0 Å². The van der Waals surface area contributed by atoms with E-state index in [1.165, 1.54) is 4.90 Å². The van der Waals surface area contributed by atoms with Crippen LogP contribution in [0.1, 0.15) is 32.3 Å². The van der Waals surface area contributed by atoms with Crippen LogP contribution >= 0.6 is 34.4 Å². The van der Waals surface area contributed by atoms with Crippen molar-refractivity contribution < 1.29 is 19.1 Å². The lowest BCUT2D eigenvalue weighted by atomic mass is 10.2. The van der Waals surface area contributed by atoms with Gasteiger partial charge >= 0.3 is 0 Å². The first-order valence-corrected chi connectivity index (χ1v) is 9.67. The van der Waals surface area contributed by atoms with Crippen molar-refractivity contribution in [2.24, 2.45) is 0 Å². The first kappa shape index (κ1) is 19.1. The number of hydrogen-bond acceptors (Lipinski definition) is 5. The molecule has 0 bridgehead atoms. The minimum absolute atomic E-state index is 0.202.